The minimum Gasteiger partial charge on any atom is -0.493 e. The number of methoxy groups -OCH3 is 1. The summed E-state index contributed by atoms with van der Waals surface area (Å²) in [4.78, 5) is 28.8. The maximum atomic E-state index is 14.0. The largest absolute Gasteiger partial charge is 0.493 e. The summed E-state index contributed by atoms with van der Waals surface area (Å²) in [7, 11) is 1.43. The highest BCUT2D eigenvalue weighted by molar-refractivity contribution is 9.10. The first-order valence-electron chi connectivity index (χ1n) is 9.38. The van der Waals surface area contributed by atoms with Gasteiger partial charge in [-0.1, -0.05) is 30.3 Å². The van der Waals surface area contributed by atoms with Crippen LogP contribution in [0.4, 0.5) is 4.39 Å². The van der Waals surface area contributed by atoms with Gasteiger partial charge >= 0.3 is 11.9 Å². The van der Waals surface area contributed by atoms with Crippen LogP contribution < -0.4 is 9.47 Å². The van der Waals surface area contributed by atoms with Crippen molar-refractivity contribution >= 4 is 39.8 Å². The van der Waals surface area contributed by atoms with E-state index in [4.69, 9.17) is 14.2 Å². The number of nitrogens with zero attached hydrogens (tertiary/aromatic N) is 1. The molecule has 0 bridgehead atoms. The molecule has 0 saturated heterocycles. The number of carbonyl (C=O) groups excluding carboxylic acids is 2. The normalized spacial score (nSPS) is 14.2. The van der Waals surface area contributed by atoms with Gasteiger partial charge in [0.15, 0.2) is 17.2 Å². The third kappa shape index (κ3) is 4.45. The molecule has 0 unspecified atom stereocenters. The number of rotatable bonds is 5. The minimum absolute atomic E-state index is 0.00811. The molecule has 1 aliphatic rings. The molecule has 0 radical (unpaired) electrons. The second kappa shape index (κ2) is 9.15. The Hall–Kier alpha value is -3.78. The standard InChI is InChI=1S/C24H15BrFNO5/c1-30-20-13-14(11-17(25)21(20)31-23(28)15-7-3-2-4-8-15)12-19-24(29)32-22(27-19)16-9-5-6-10-18(16)26/h2-13H,1H3/b19-12-. The fourth-order valence-corrected chi connectivity index (χ4v) is 3.51. The first-order valence-corrected chi connectivity index (χ1v) is 10.2. The summed E-state index contributed by atoms with van der Waals surface area (Å²) in [5.41, 5.74) is 0.993. The lowest BCUT2D eigenvalue weighted by molar-refractivity contribution is -0.129. The van der Waals surface area contributed by atoms with E-state index in [1.165, 1.54) is 31.4 Å². The van der Waals surface area contributed by atoms with E-state index in [1.54, 1.807) is 48.5 Å². The number of ether oxygens (including phenoxy) is 3. The first kappa shape index (κ1) is 21.5. The van der Waals surface area contributed by atoms with E-state index in [0.29, 0.717) is 15.6 Å². The van der Waals surface area contributed by atoms with Crippen LogP contribution in [0.1, 0.15) is 21.5 Å². The van der Waals surface area contributed by atoms with Crippen molar-refractivity contribution in [1.82, 2.24) is 0 Å². The molecule has 0 spiro atoms. The second-order valence-electron chi connectivity index (χ2n) is 6.61. The van der Waals surface area contributed by atoms with Gasteiger partial charge in [-0.15, -0.1) is 0 Å². The Labute approximate surface area is 191 Å². The van der Waals surface area contributed by atoms with Gasteiger partial charge in [0.05, 0.1) is 22.7 Å². The molecular formula is C24H15BrFNO5. The number of benzene rings is 3. The van der Waals surface area contributed by atoms with E-state index >= 15 is 0 Å². The Morgan fingerprint density at radius 2 is 1.81 bits per heavy atom. The number of hydrogen-bond acceptors (Lipinski definition) is 6. The Balaban J connectivity index is 1.64. The predicted octanol–water partition coefficient (Wildman–Crippen LogP) is 5.16. The molecule has 8 heteroatoms. The molecule has 0 saturated carbocycles. The molecule has 6 nitrogen and oxygen atoms in total. The molecule has 4 rings (SSSR count). The summed E-state index contributed by atoms with van der Waals surface area (Å²) >= 11 is 3.37. The van der Waals surface area contributed by atoms with Crippen LogP contribution in [-0.2, 0) is 9.53 Å². The van der Waals surface area contributed by atoms with Gasteiger partial charge in [-0.3, -0.25) is 0 Å². The van der Waals surface area contributed by atoms with Crippen LogP contribution in [-0.4, -0.2) is 24.9 Å². The van der Waals surface area contributed by atoms with Gasteiger partial charge in [0.2, 0.25) is 5.90 Å². The fraction of sp³-hybridized carbons (Fsp3) is 0.0417. The molecule has 3 aromatic carbocycles. The lowest BCUT2D eigenvalue weighted by Crippen LogP contribution is -2.09. The molecule has 0 N–H and O–H groups in total. The van der Waals surface area contributed by atoms with Crippen molar-refractivity contribution in [2.24, 2.45) is 4.99 Å². The number of esters is 2. The molecule has 0 aliphatic carbocycles. The smallest absolute Gasteiger partial charge is 0.363 e. The van der Waals surface area contributed by atoms with Gasteiger partial charge in [0.1, 0.15) is 5.82 Å². The first-order chi connectivity index (χ1) is 15.5. The maximum Gasteiger partial charge on any atom is 0.363 e. The van der Waals surface area contributed by atoms with Gasteiger partial charge < -0.3 is 14.2 Å². The van der Waals surface area contributed by atoms with Crippen molar-refractivity contribution in [2.75, 3.05) is 7.11 Å². The molecule has 0 amide bonds. The fourth-order valence-electron chi connectivity index (χ4n) is 2.96. The van der Waals surface area contributed by atoms with E-state index < -0.39 is 17.8 Å². The van der Waals surface area contributed by atoms with Gasteiger partial charge in [-0.05, 0) is 64.0 Å². The molecule has 0 aromatic heterocycles. The molecular weight excluding hydrogens is 481 g/mol. The third-order valence-electron chi connectivity index (χ3n) is 4.48. The molecule has 1 aliphatic heterocycles. The predicted molar refractivity (Wildman–Crippen MR) is 119 cm³/mol. The summed E-state index contributed by atoms with van der Waals surface area (Å²) in [6.07, 6.45) is 1.46. The SMILES string of the molecule is COc1cc(/C=C2\N=C(c3ccccc3F)OC2=O)cc(Br)c1OC(=O)c1ccccc1. The van der Waals surface area contributed by atoms with Crippen LogP contribution in [0.2, 0.25) is 0 Å². The van der Waals surface area contributed by atoms with E-state index in [9.17, 15) is 14.0 Å². The lowest BCUT2D eigenvalue weighted by Gasteiger charge is -2.12. The van der Waals surface area contributed by atoms with Crippen molar-refractivity contribution in [1.29, 1.82) is 0 Å². The Morgan fingerprint density at radius 1 is 1.09 bits per heavy atom. The molecule has 0 fully saturated rings. The Morgan fingerprint density at radius 3 is 2.53 bits per heavy atom. The summed E-state index contributed by atoms with van der Waals surface area (Å²) in [5.74, 6) is -1.46. The molecule has 32 heavy (non-hydrogen) atoms. The number of aliphatic imine (C=N–C) groups is 1. The number of halogens is 2. The van der Waals surface area contributed by atoms with Crippen LogP contribution in [0.25, 0.3) is 6.08 Å². The average molecular weight is 496 g/mol. The van der Waals surface area contributed by atoms with Crippen molar-refractivity contribution in [2.45, 2.75) is 0 Å². The maximum absolute atomic E-state index is 14.0. The van der Waals surface area contributed by atoms with Crippen LogP contribution in [0, 0.1) is 5.82 Å². The van der Waals surface area contributed by atoms with Crippen molar-refractivity contribution in [3.8, 4) is 11.5 Å². The number of carbonyl (C=O) groups is 2. The highest BCUT2D eigenvalue weighted by Gasteiger charge is 2.26. The van der Waals surface area contributed by atoms with E-state index in [1.807, 2.05) is 0 Å². The third-order valence-corrected chi connectivity index (χ3v) is 5.07. The van der Waals surface area contributed by atoms with Gasteiger partial charge in [-0.2, -0.15) is 0 Å². The van der Waals surface area contributed by atoms with Crippen LogP contribution in [0.3, 0.4) is 0 Å². The van der Waals surface area contributed by atoms with Crippen molar-refractivity contribution < 1.29 is 28.2 Å². The van der Waals surface area contributed by atoms with Crippen LogP contribution >= 0.6 is 15.9 Å². The Bertz CT molecular complexity index is 1270. The molecule has 3 aromatic rings. The van der Waals surface area contributed by atoms with Crippen LogP contribution in [0.5, 0.6) is 11.5 Å². The van der Waals surface area contributed by atoms with E-state index in [2.05, 4.69) is 20.9 Å². The van der Waals surface area contributed by atoms with Crippen molar-refractivity contribution in [3.05, 3.63) is 99.4 Å². The zero-order chi connectivity index (χ0) is 22.7. The van der Waals surface area contributed by atoms with Gasteiger partial charge in [0.25, 0.3) is 0 Å². The van der Waals surface area contributed by atoms with Crippen molar-refractivity contribution in [3.63, 3.8) is 0 Å². The molecule has 160 valence electrons. The van der Waals surface area contributed by atoms with Crippen LogP contribution in [0.15, 0.2) is 81.9 Å². The summed E-state index contributed by atoms with van der Waals surface area (Å²) in [6.45, 7) is 0. The highest BCUT2D eigenvalue weighted by Crippen LogP contribution is 2.38. The van der Waals surface area contributed by atoms with Gasteiger partial charge in [0, 0.05) is 0 Å². The molecule has 0 atom stereocenters. The van der Waals surface area contributed by atoms with Gasteiger partial charge in [-0.25, -0.2) is 19.0 Å². The summed E-state index contributed by atoms with van der Waals surface area (Å²) < 4.78 is 30.4. The Kier molecular flexibility index (Phi) is 6.13. The summed E-state index contributed by atoms with van der Waals surface area (Å²) in [6, 6.07) is 17.6. The monoisotopic (exact) mass is 495 g/mol. The molecule has 1 heterocycles. The number of hydrogen-bond donors (Lipinski definition) is 0. The quantitative estimate of drug-likeness (QED) is 0.277. The van der Waals surface area contributed by atoms with E-state index in [-0.39, 0.29) is 28.7 Å². The summed E-state index contributed by atoms with van der Waals surface area (Å²) in [5, 5.41) is 0. The lowest BCUT2D eigenvalue weighted by atomic mass is 10.1. The minimum atomic E-state index is -0.710. The van der Waals surface area contributed by atoms with E-state index in [0.717, 1.165) is 0 Å². The zero-order valence-electron chi connectivity index (χ0n) is 16.7. The number of cyclic esters (lactones) is 1. The highest BCUT2D eigenvalue weighted by atomic mass is 79.9. The average Bonchev–Trinajstić information content (AvgIpc) is 3.15. The zero-order valence-corrected chi connectivity index (χ0v) is 18.3. The topological polar surface area (TPSA) is 74.2 Å². The second-order valence-corrected chi connectivity index (χ2v) is 7.46.